The molecule has 2 heterocycles. The first kappa shape index (κ1) is 19.7. The van der Waals surface area contributed by atoms with Crippen molar-refractivity contribution in [2.24, 2.45) is 0 Å². The number of hydrogen-bond acceptors (Lipinski definition) is 4. The highest BCUT2D eigenvalue weighted by atomic mass is 32.2. The Morgan fingerprint density at radius 3 is 2.08 bits per heavy atom. The van der Waals surface area contributed by atoms with Gasteiger partial charge in [0, 0.05) is 37.9 Å². The van der Waals surface area contributed by atoms with Gasteiger partial charge < -0.3 is 0 Å². The van der Waals surface area contributed by atoms with Crippen LogP contribution in [-0.4, -0.2) is 39.3 Å². The van der Waals surface area contributed by atoms with Gasteiger partial charge in [-0.25, -0.2) is 8.42 Å². The second-order valence-electron chi connectivity index (χ2n) is 6.45. The van der Waals surface area contributed by atoms with Crippen LogP contribution in [-0.2, 0) is 29.7 Å². The van der Waals surface area contributed by atoms with Crippen LogP contribution in [0.1, 0.15) is 48.6 Å². The summed E-state index contributed by atoms with van der Waals surface area (Å²) in [6.07, 6.45) is 0.909. The maximum absolute atomic E-state index is 13.1. The van der Waals surface area contributed by atoms with E-state index in [0.29, 0.717) is 29.4 Å². The average Bonchev–Trinajstić information content (AvgIpc) is 2.97. The van der Waals surface area contributed by atoms with E-state index in [0.717, 1.165) is 29.9 Å². The van der Waals surface area contributed by atoms with E-state index in [2.05, 4.69) is 10.2 Å². The molecule has 8 heteroatoms. The molecule has 0 spiro atoms. The molecule has 0 aliphatic carbocycles. The van der Waals surface area contributed by atoms with Gasteiger partial charge in [-0.2, -0.15) is 14.5 Å². The number of nitrogens with zero attached hydrogens (tertiary/aromatic N) is 5. The Morgan fingerprint density at radius 2 is 1.56 bits per heavy atom. The molecule has 0 radical (unpaired) electrons. The van der Waals surface area contributed by atoms with Crippen molar-refractivity contribution in [3.05, 3.63) is 28.3 Å². The second-order valence-corrected chi connectivity index (χ2v) is 8.43. The van der Waals surface area contributed by atoms with Crippen molar-refractivity contribution >= 4 is 10.0 Å². The minimum absolute atomic E-state index is 0.303. The molecule has 2 aromatic rings. The van der Waals surface area contributed by atoms with Crippen molar-refractivity contribution in [1.29, 1.82) is 0 Å². The van der Waals surface area contributed by atoms with Gasteiger partial charge in [0.15, 0.2) is 0 Å². The molecule has 0 saturated carbocycles. The fourth-order valence-corrected chi connectivity index (χ4v) is 4.72. The Kier molecular flexibility index (Phi) is 5.73. The van der Waals surface area contributed by atoms with E-state index in [4.69, 9.17) is 0 Å². The molecule has 0 aromatic carbocycles. The summed E-state index contributed by atoms with van der Waals surface area (Å²) in [5.41, 5.74) is 4.09. The SMILES string of the molecule is CCCn1nc(C)c(S(=O)(=O)N(C)Cc2c(C)nn(CC)c2C)c1C. The molecule has 0 aliphatic rings. The van der Waals surface area contributed by atoms with E-state index in [1.165, 1.54) is 4.31 Å². The van der Waals surface area contributed by atoms with E-state index < -0.39 is 10.0 Å². The molecule has 0 unspecified atom stereocenters. The van der Waals surface area contributed by atoms with Crippen molar-refractivity contribution < 1.29 is 8.42 Å². The van der Waals surface area contributed by atoms with Crippen LogP contribution in [0.3, 0.4) is 0 Å². The van der Waals surface area contributed by atoms with Crippen LogP contribution in [0.25, 0.3) is 0 Å². The Bertz CT molecular complexity index is 864. The molecule has 2 rings (SSSR count). The van der Waals surface area contributed by atoms with Gasteiger partial charge in [-0.05, 0) is 41.0 Å². The first-order valence-electron chi connectivity index (χ1n) is 8.68. The van der Waals surface area contributed by atoms with E-state index in [-0.39, 0.29) is 0 Å². The summed E-state index contributed by atoms with van der Waals surface area (Å²) in [6.45, 7) is 13.3. The minimum Gasteiger partial charge on any atom is -0.270 e. The van der Waals surface area contributed by atoms with Gasteiger partial charge in [-0.1, -0.05) is 6.92 Å². The number of hydrogen-bond donors (Lipinski definition) is 0. The van der Waals surface area contributed by atoms with Crippen LogP contribution in [0.2, 0.25) is 0 Å². The lowest BCUT2D eigenvalue weighted by atomic mass is 10.2. The summed E-state index contributed by atoms with van der Waals surface area (Å²) in [4.78, 5) is 0.321. The van der Waals surface area contributed by atoms with Crippen LogP contribution in [0.4, 0.5) is 0 Å². The lowest BCUT2D eigenvalue weighted by molar-refractivity contribution is 0.463. The summed E-state index contributed by atoms with van der Waals surface area (Å²) in [7, 11) is -2.00. The number of sulfonamides is 1. The molecule has 140 valence electrons. The molecule has 0 bridgehead atoms. The predicted octanol–water partition coefficient (Wildman–Crippen LogP) is 2.56. The zero-order valence-corrected chi connectivity index (χ0v) is 17.1. The van der Waals surface area contributed by atoms with Crippen molar-refractivity contribution in [2.45, 2.75) is 72.5 Å². The molecule has 0 fully saturated rings. The fourth-order valence-electron chi connectivity index (χ4n) is 3.22. The maximum Gasteiger partial charge on any atom is 0.246 e. The Balaban J connectivity index is 2.39. The molecule has 0 amide bonds. The molecule has 0 saturated heterocycles. The average molecular weight is 368 g/mol. The number of rotatable bonds is 7. The summed E-state index contributed by atoms with van der Waals surface area (Å²) < 4.78 is 31.4. The monoisotopic (exact) mass is 367 g/mol. The Morgan fingerprint density at radius 1 is 0.960 bits per heavy atom. The van der Waals surface area contributed by atoms with Crippen LogP contribution >= 0.6 is 0 Å². The number of aryl methyl sites for hydroxylation is 4. The topological polar surface area (TPSA) is 73.0 Å². The molecule has 7 nitrogen and oxygen atoms in total. The highest BCUT2D eigenvalue weighted by Crippen LogP contribution is 2.25. The fraction of sp³-hybridized carbons (Fsp3) is 0.647. The Hall–Kier alpha value is -1.67. The highest BCUT2D eigenvalue weighted by molar-refractivity contribution is 7.89. The first-order chi connectivity index (χ1) is 11.6. The Labute approximate surface area is 150 Å². The van der Waals surface area contributed by atoms with Gasteiger partial charge in [-0.15, -0.1) is 0 Å². The lowest BCUT2D eigenvalue weighted by Gasteiger charge is -2.18. The quantitative estimate of drug-likeness (QED) is 0.754. The van der Waals surface area contributed by atoms with Crippen LogP contribution in [0.5, 0.6) is 0 Å². The molecule has 0 N–H and O–H groups in total. The van der Waals surface area contributed by atoms with Crippen LogP contribution in [0.15, 0.2) is 4.90 Å². The molecule has 2 aromatic heterocycles. The smallest absolute Gasteiger partial charge is 0.246 e. The molecule has 0 atom stereocenters. The zero-order chi connectivity index (χ0) is 18.9. The molecule has 25 heavy (non-hydrogen) atoms. The standard InChI is InChI=1S/C17H29N5O2S/c1-8-10-22-15(6)17(13(4)19-22)25(23,24)20(7)11-16-12(3)18-21(9-2)14(16)5/h8-11H2,1-7H3. The normalized spacial score (nSPS) is 12.3. The second kappa shape index (κ2) is 7.29. The third-order valence-electron chi connectivity index (χ3n) is 4.63. The highest BCUT2D eigenvalue weighted by Gasteiger charge is 2.29. The molecular formula is C17H29N5O2S. The van der Waals surface area contributed by atoms with Gasteiger partial charge in [0.05, 0.1) is 17.1 Å². The first-order valence-corrected chi connectivity index (χ1v) is 10.1. The van der Waals surface area contributed by atoms with Crippen molar-refractivity contribution in [1.82, 2.24) is 23.9 Å². The van der Waals surface area contributed by atoms with Crippen molar-refractivity contribution in [2.75, 3.05) is 7.05 Å². The van der Waals surface area contributed by atoms with Gasteiger partial charge in [0.2, 0.25) is 10.0 Å². The van der Waals surface area contributed by atoms with Crippen LogP contribution in [0, 0.1) is 27.7 Å². The molecular weight excluding hydrogens is 338 g/mol. The van der Waals surface area contributed by atoms with Gasteiger partial charge in [0.25, 0.3) is 0 Å². The summed E-state index contributed by atoms with van der Waals surface area (Å²) in [6, 6.07) is 0. The van der Waals surface area contributed by atoms with Gasteiger partial charge in [-0.3, -0.25) is 9.36 Å². The zero-order valence-electron chi connectivity index (χ0n) is 16.3. The predicted molar refractivity (Wildman–Crippen MR) is 98.0 cm³/mol. The van der Waals surface area contributed by atoms with E-state index in [9.17, 15) is 8.42 Å². The number of aromatic nitrogens is 4. The van der Waals surface area contributed by atoms with E-state index in [1.54, 1.807) is 18.7 Å². The summed E-state index contributed by atoms with van der Waals surface area (Å²) in [5, 5.41) is 8.88. The van der Waals surface area contributed by atoms with Crippen molar-refractivity contribution in [3.8, 4) is 0 Å². The lowest BCUT2D eigenvalue weighted by Crippen LogP contribution is -2.28. The van der Waals surface area contributed by atoms with Crippen molar-refractivity contribution in [3.63, 3.8) is 0 Å². The third kappa shape index (κ3) is 3.50. The summed E-state index contributed by atoms with van der Waals surface area (Å²) >= 11 is 0. The molecule has 0 aliphatic heterocycles. The van der Waals surface area contributed by atoms with E-state index >= 15 is 0 Å². The largest absolute Gasteiger partial charge is 0.270 e. The minimum atomic E-state index is -3.61. The summed E-state index contributed by atoms with van der Waals surface area (Å²) in [5.74, 6) is 0. The third-order valence-corrected chi connectivity index (χ3v) is 6.69. The van der Waals surface area contributed by atoms with Gasteiger partial charge >= 0.3 is 0 Å². The van der Waals surface area contributed by atoms with E-state index in [1.807, 2.05) is 39.3 Å². The van der Waals surface area contributed by atoms with Crippen LogP contribution < -0.4 is 0 Å². The maximum atomic E-state index is 13.1. The van der Waals surface area contributed by atoms with Gasteiger partial charge in [0.1, 0.15) is 4.90 Å².